The van der Waals surface area contributed by atoms with E-state index < -0.39 is 19.9 Å². The van der Waals surface area contributed by atoms with E-state index in [0.717, 1.165) is 6.26 Å². The Morgan fingerprint density at radius 2 is 1.54 bits per heavy atom. The first-order chi connectivity index (χ1) is 12.0. The molecule has 0 radical (unpaired) electrons. The highest BCUT2D eigenvalue weighted by Gasteiger charge is 2.18. The van der Waals surface area contributed by atoms with Crippen LogP contribution in [0.2, 0.25) is 0 Å². The highest BCUT2D eigenvalue weighted by atomic mass is 32.2. The van der Waals surface area contributed by atoms with Gasteiger partial charge in [-0.25, -0.2) is 16.8 Å². The van der Waals surface area contributed by atoms with Crippen LogP contribution in [0.4, 0.5) is 11.4 Å². The van der Waals surface area contributed by atoms with Gasteiger partial charge < -0.3 is 10.1 Å². The fraction of sp³-hybridized carbons (Fsp3) is 0.188. The number of nitrogens with one attached hydrogen (secondary N) is 2. The molecule has 0 aliphatic carbocycles. The predicted molar refractivity (Wildman–Crippen MR) is 97.7 cm³/mol. The molecule has 0 spiro atoms. The number of rotatable bonds is 6. The summed E-state index contributed by atoms with van der Waals surface area (Å²) in [6.45, 7) is 1.33. The van der Waals surface area contributed by atoms with E-state index in [1.165, 1.54) is 56.5 Å². The van der Waals surface area contributed by atoms with Crippen LogP contribution >= 0.6 is 0 Å². The molecule has 0 saturated heterocycles. The average Bonchev–Trinajstić information content (AvgIpc) is 2.53. The summed E-state index contributed by atoms with van der Waals surface area (Å²) < 4.78 is 55.4. The van der Waals surface area contributed by atoms with Crippen LogP contribution < -0.4 is 14.8 Å². The lowest BCUT2D eigenvalue weighted by Gasteiger charge is -2.12. The summed E-state index contributed by atoms with van der Waals surface area (Å²) >= 11 is 0. The van der Waals surface area contributed by atoms with Crippen LogP contribution in [0.5, 0.6) is 5.75 Å². The van der Waals surface area contributed by atoms with Crippen molar-refractivity contribution in [1.29, 1.82) is 0 Å². The van der Waals surface area contributed by atoms with Crippen LogP contribution in [0.3, 0.4) is 0 Å². The maximum atomic E-state index is 12.5. The first kappa shape index (κ1) is 19.7. The van der Waals surface area contributed by atoms with Crippen molar-refractivity contribution in [3.63, 3.8) is 0 Å². The van der Waals surface area contributed by atoms with Crippen molar-refractivity contribution in [2.45, 2.75) is 16.7 Å². The molecule has 0 aliphatic rings. The topological polar surface area (TPSA) is 119 Å². The van der Waals surface area contributed by atoms with E-state index in [-0.39, 0.29) is 27.1 Å². The number of benzene rings is 2. The summed E-state index contributed by atoms with van der Waals surface area (Å²) in [6, 6.07) is 9.36. The smallest absolute Gasteiger partial charge is 0.262 e. The van der Waals surface area contributed by atoms with Crippen LogP contribution in [0, 0.1) is 0 Å². The van der Waals surface area contributed by atoms with Crippen molar-refractivity contribution in [2.75, 3.05) is 23.4 Å². The number of carbonyl (C=O) groups excluding carboxylic acids is 1. The quantitative estimate of drug-likeness (QED) is 0.767. The minimum atomic E-state index is -3.93. The molecule has 10 heteroatoms. The molecule has 0 heterocycles. The number of carbonyl (C=O) groups is 1. The zero-order valence-electron chi connectivity index (χ0n) is 14.3. The number of sulfonamides is 1. The van der Waals surface area contributed by atoms with Crippen LogP contribution in [0.25, 0.3) is 0 Å². The number of hydrogen-bond acceptors (Lipinski definition) is 6. The summed E-state index contributed by atoms with van der Waals surface area (Å²) in [7, 11) is -5.94. The fourth-order valence-electron chi connectivity index (χ4n) is 2.12. The maximum Gasteiger partial charge on any atom is 0.262 e. The van der Waals surface area contributed by atoms with Crippen LogP contribution in [-0.2, 0) is 24.7 Å². The highest BCUT2D eigenvalue weighted by molar-refractivity contribution is 7.92. The Morgan fingerprint density at radius 1 is 0.962 bits per heavy atom. The van der Waals surface area contributed by atoms with Crippen molar-refractivity contribution in [3.8, 4) is 5.75 Å². The van der Waals surface area contributed by atoms with Gasteiger partial charge in [-0.2, -0.15) is 0 Å². The van der Waals surface area contributed by atoms with Gasteiger partial charge in [0.25, 0.3) is 10.0 Å². The lowest BCUT2D eigenvalue weighted by Crippen LogP contribution is -2.14. The molecule has 0 aliphatic heterocycles. The van der Waals surface area contributed by atoms with Crippen LogP contribution in [0.1, 0.15) is 6.92 Å². The molecule has 140 valence electrons. The van der Waals surface area contributed by atoms with Gasteiger partial charge in [0.1, 0.15) is 5.75 Å². The molecule has 0 unspecified atom stereocenters. The number of ether oxygens (including phenoxy) is 1. The SMILES string of the molecule is COc1cc(S(=O)(=O)Nc2ccc(S(C)(=O)=O)cc2)ccc1NC(C)=O. The zero-order valence-corrected chi connectivity index (χ0v) is 15.9. The van der Waals surface area contributed by atoms with Crippen molar-refractivity contribution in [3.05, 3.63) is 42.5 Å². The summed E-state index contributed by atoms with van der Waals surface area (Å²) in [5.41, 5.74) is 0.554. The van der Waals surface area contributed by atoms with Gasteiger partial charge >= 0.3 is 0 Å². The molecule has 2 N–H and O–H groups in total. The van der Waals surface area contributed by atoms with Gasteiger partial charge in [-0.15, -0.1) is 0 Å². The molecular formula is C16H18N2O6S2. The largest absolute Gasteiger partial charge is 0.495 e. The molecule has 0 bridgehead atoms. The highest BCUT2D eigenvalue weighted by Crippen LogP contribution is 2.28. The molecular weight excluding hydrogens is 380 g/mol. The van der Waals surface area contributed by atoms with E-state index in [1.54, 1.807) is 0 Å². The molecule has 26 heavy (non-hydrogen) atoms. The van der Waals surface area contributed by atoms with Gasteiger partial charge in [0.15, 0.2) is 9.84 Å². The lowest BCUT2D eigenvalue weighted by molar-refractivity contribution is -0.114. The van der Waals surface area contributed by atoms with Gasteiger partial charge in [0.05, 0.1) is 22.6 Å². The van der Waals surface area contributed by atoms with Crippen molar-refractivity contribution in [1.82, 2.24) is 0 Å². The van der Waals surface area contributed by atoms with Gasteiger partial charge in [-0.1, -0.05) is 0 Å². The summed E-state index contributed by atoms with van der Waals surface area (Å²) in [5.74, 6) is -0.126. The summed E-state index contributed by atoms with van der Waals surface area (Å²) in [4.78, 5) is 11.2. The molecule has 8 nitrogen and oxygen atoms in total. The lowest BCUT2D eigenvalue weighted by atomic mass is 10.3. The van der Waals surface area contributed by atoms with E-state index in [4.69, 9.17) is 4.74 Å². The molecule has 0 fully saturated rings. The standard InChI is InChI=1S/C16H18N2O6S2/c1-11(19)17-15-9-8-14(10-16(15)24-2)26(22,23)18-12-4-6-13(7-5-12)25(3,20)21/h4-10,18H,1-3H3,(H,17,19). The Hall–Kier alpha value is -2.59. The van der Waals surface area contributed by atoms with E-state index in [1.807, 2.05) is 0 Å². The Bertz CT molecular complexity index is 1030. The van der Waals surface area contributed by atoms with Crippen molar-refractivity contribution >= 4 is 37.1 Å². The van der Waals surface area contributed by atoms with Gasteiger partial charge in [-0.3, -0.25) is 9.52 Å². The third kappa shape index (κ3) is 4.73. The van der Waals surface area contributed by atoms with Gasteiger partial charge in [0, 0.05) is 24.9 Å². The maximum absolute atomic E-state index is 12.5. The molecule has 2 aromatic carbocycles. The minimum Gasteiger partial charge on any atom is -0.495 e. The Balaban J connectivity index is 2.31. The third-order valence-electron chi connectivity index (χ3n) is 3.33. The van der Waals surface area contributed by atoms with Crippen molar-refractivity contribution < 1.29 is 26.4 Å². The second-order valence-corrected chi connectivity index (χ2v) is 9.14. The number of hydrogen-bond donors (Lipinski definition) is 2. The molecule has 0 saturated carbocycles. The normalized spacial score (nSPS) is 11.7. The van der Waals surface area contributed by atoms with Gasteiger partial charge in [-0.05, 0) is 36.4 Å². The Kier molecular flexibility index (Phi) is 5.57. The molecule has 0 atom stereocenters. The van der Waals surface area contributed by atoms with Crippen LogP contribution in [0.15, 0.2) is 52.3 Å². The van der Waals surface area contributed by atoms with E-state index in [0.29, 0.717) is 5.69 Å². The number of sulfone groups is 1. The third-order valence-corrected chi connectivity index (χ3v) is 5.84. The predicted octanol–water partition coefficient (Wildman–Crippen LogP) is 1.86. The average molecular weight is 398 g/mol. The first-order valence-electron chi connectivity index (χ1n) is 7.31. The molecule has 2 rings (SSSR count). The second-order valence-electron chi connectivity index (χ2n) is 5.45. The first-order valence-corrected chi connectivity index (χ1v) is 10.7. The second kappa shape index (κ2) is 7.34. The van der Waals surface area contributed by atoms with E-state index in [9.17, 15) is 21.6 Å². The Labute approximate surface area is 152 Å². The number of anilines is 2. The molecule has 1 amide bonds. The van der Waals surface area contributed by atoms with Crippen molar-refractivity contribution in [2.24, 2.45) is 0 Å². The zero-order chi connectivity index (χ0) is 19.5. The summed E-state index contributed by atoms with van der Waals surface area (Å²) in [5, 5.41) is 2.54. The van der Waals surface area contributed by atoms with E-state index >= 15 is 0 Å². The van der Waals surface area contributed by atoms with Gasteiger partial charge in [0.2, 0.25) is 5.91 Å². The number of amides is 1. The summed E-state index contributed by atoms with van der Waals surface area (Å²) in [6.07, 6.45) is 1.06. The molecule has 2 aromatic rings. The monoisotopic (exact) mass is 398 g/mol. The Morgan fingerprint density at radius 3 is 2.04 bits per heavy atom. The van der Waals surface area contributed by atoms with E-state index in [2.05, 4.69) is 10.0 Å². The van der Waals surface area contributed by atoms with Crippen LogP contribution in [-0.4, -0.2) is 36.1 Å². The minimum absolute atomic E-state index is 0.0735. The number of methoxy groups -OCH3 is 1. The fourth-order valence-corrected chi connectivity index (χ4v) is 3.82. The molecule has 0 aromatic heterocycles.